The summed E-state index contributed by atoms with van der Waals surface area (Å²) in [6, 6.07) is 6.38. The molecular weight excluding hydrogens is 300 g/mol. The van der Waals surface area contributed by atoms with Crippen molar-refractivity contribution in [2.24, 2.45) is 5.73 Å². The largest absolute Gasteiger partial charge is 0.468 e. The number of likely N-dealkylation sites (tertiary alicyclic amines) is 1. The van der Waals surface area contributed by atoms with E-state index in [9.17, 15) is 9.59 Å². The summed E-state index contributed by atoms with van der Waals surface area (Å²) >= 11 is 0. The minimum absolute atomic E-state index is 0.140. The number of benzene rings is 1. The fraction of sp³-hybridized carbons (Fsp3) is 0.500. The van der Waals surface area contributed by atoms with Crippen LogP contribution in [-0.4, -0.2) is 56.4 Å². The van der Waals surface area contributed by atoms with Gasteiger partial charge in [0.15, 0.2) is 6.79 Å². The molecule has 7 heteroatoms. The molecule has 1 saturated heterocycles. The van der Waals surface area contributed by atoms with Gasteiger partial charge in [-0.3, -0.25) is 4.79 Å². The highest BCUT2D eigenvalue weighted by Gasteiger charge is 2.38. The summed E-state index contributed by atoms with van der Waals surface area (Å²) < 4.78 is 14.9. The lowest BCUT2D eigenvalue weighted by Crippen LogP contribution is -2.42. The van der Waals surface area contributed by atoms with E-state index in [1.54, 1.807) is 19.2 Å². The summed E-state index contributed by atoms with van der Waals surface area (Å²) in [5, 5.41) is 0. The van der Waals surface area contributed by atoms with Gasteiger partial charge in [0.2, 0.25) is 5.91 Å². The number of rotatable bonds is 6. The minimum Gasteiger partial charge on any atom is -0.468 e. The van der Waals surface area contributed by atoms with Crippen LogP contribution in [0.3, 0.4) is 0 Å². The fourth-order valence-electron chi connectivity index (χ4n) is 2.61. The molecule has 0 saturated carbocycles. The third-order valence-electron chi connectivity index (χ3n) is 3.75. The Hall–Kier alpha value is -2.12. The summed E-state index contributed by atoms with van der Waals surface area (Å²) in [4.78, 5) is 25.7. The second-order valence-electron chi connectivity index (χ2n) is 5.45. The number of nitrogens with zero attached hydrogens (tertiary/aromatic N) is 1. The van der Waals surface area contributed by atoms with E-state index < -0.39 is 12.0 Å². The maximum atomic E-state index is 12.5. The Bertz CT molecular complexity index is 546. The number of hydrogen-bond acceptors (Lipinski definition) is 6. The Morgan fingerprint density at radius 3 is 2.57 bits per heavy atom. The number of ether oxygens (including phenoxy) is 3. The minimum atomic E-state index is -0.591. The topological polar surface area (TPSA) is 91.1 Å². The van der Waals surface area contributed by atoms with Crippen LogP contribution in [0.25, 0.3) is 0 Å². The predicted molar refractivity (Wildman–Crippen MR) is 82.8 cm³/mol. The number of esters is 1. The maximum Gasteiger partial charge on any atom is 0.328 e. The number of carbonyl (C=O) groups is 2. The van der Waals surface area contributed by atoms with Gasteiger partial charge in [0.1, 0.15) is 11.8 Å². The molecule has 23 heavy (non-hydrogen) atoms. The molecule has 0 aliphatic carbocycles. The molecule has 0 radical (unpaired) electrons. The second kappa shape index (κ2) is 7.94. The van der Waals surface area contributed by atoms with E-state index in [2.05, 4.69) is 0 Å². The molecular formula is C16H22N2O5. The van der Waals surface area contributed by atoms with Gasteiger partial charge in [-0.25, -0.2) is 4.79 Å². The third-order valence-corrected chi connectivity index (χ3v) is 3.75. The first-order valence-electron chi connectivity index (χ1n) is 7.38. The lowest BCUT2D eigenvalue weighted by Gasteiger charge is -2.22. The number of hydrogen-bond donors (Lipinski definition) is 1. The molecule has 1 heterocycles. The van der Waals surface area contributed by atoms with Gasteiger partial charge in [-0.05, 0) is 24.1 Å². The third kappa shape index (κ3) is 4.43. The Morgan fingerprint density at radius 2 is 1.96 bits per heavy atom. The van der Waals surface area contributed by atoms with Gasteiger partial charge in [0, 0.05) is 19.7 Å². The summed E-state index contributed by atoms with van der Waals surface area (Å²) in [5.74, 6) is 0.104. The molecule has 2 rings (SSSR count). The Morgan fingerprint density at radius 1 is 1.26 bits per heavy atom. The Labute approximate surface area is 135 Å². The van der Waals surface area contributed by atoms with Gasteiger partial charge in [-0.1, -0.05) is 12.1 Å². The molecule has 126 valence electrons. The van der Waals surface area contributed by atoms with Crippen LogP contribution in [0.2, 0.25) is 0 Å². The first-order chi connectivity index (χ1) is 11.0. The van der Waals surface area contributed by atoms with E-state index in [4.69, 9.17) is 19.9 Å². The van der Waals surface area contributed by atoms with Crippen molar-refractivity contribution in [3.63, 3.8) is 0 Å². The van der Waals surface area contributed by atoms with Crippen LogP contribution in [0, 0.1) is 0 Å². The number of methoxy groups -OCH3 is 2. The van der Waals surface area contributed by atoms with Gasteiger partial charge in [-0.2, -0.15) is 0 Å². The van der Waals surface area contributed by atoms with E-state index in [1.165, 1.54) is 12.0 Å². The second-order valence-corrected chi connectivity index (χ2v) is 5.45. The van der Waals surface area contributed by atoms with Gasteiger partial charge in [0.25, 0.3) is 0 Å². The van der Waals surface area contributed by atoms with E-state index in [0.717, 1.165) is 5.56 Å². The summed E-state index contributed by atoms with van der Waals surface area (Å²) in [6.45, 7) is 0.540. The SMILES string of the molecule is COCOc1ccc(CC(=O)N2C[C@@H](N)C[C@H]2C(=O)OC)cc1. The van der Waals surface area contributed by atoms with Crippen molar-refractivity contribution in [2.45, 2.75) is 24.9 Å². The Balaban J connectivity index is 1.98. The zero-order valence-corrected chi connectivity index (χ0v) is 13.4. The van der Waals surface area contributed by atoms with Crippen molar-refractivity contribution >= 4 is 11.9 Å². The predicted octanol–water partition coefficient (Wildman–Crippen LogP) is 0.313. The average molecular weight is 322 g/mol. The molecule has 1 aromatic carbocycles. The van der Waals surface area contributed by atoms with E-state index in [0.29, 0.717) is 18.7 Å². The molecule has 1 aliphatic heterocycles. The summed E-state index contributed by atoms with van der Waals surface area (Å²) in [5.41, 5.74) is 6.71. The first-order valence-corrected chi connectivity index (χ1v) is 7.38. The highest BCUT2D eigenvalue weighted by molar-refractivity contribution is 5.86. The van der Waals surface area contributed by atoms with Crippen molar-refractivity contribution in [1.82, 2.24) is 4.90 Å². The van der Waals surface area contributed by atoms with Crippen LogP contribution >= 0.6 is 0 Å². The molecule has 0 unspecified atom stereocenters. The molecule has 0 spiro atoms. The van der Waals surface area contributed by atoms with Gasteiger partial charge in [-0.15, -0.1) is 0 Å². The van der Waals surface area contributed by atoms with Crippen LogP contribution in [0.15, 0.2) is 24.3 Å². The Kier molecular flexibility index (Phi) is 5.95. The van der Waals surface area contributed by atoms with Crippen LogP contribution in [0.5, 0.6) is 5.75 Å². The van der Waals surface area contributed by atoms with Crippen molar-refractivity contribution in [1.29, 1.82) is 0 Å². The highest BCUT2D eigenvalue weighted by atomic mass is 16.7. The number of carbonyl (C=O) groups excluding carboxylic acids is 2. The quantitative estimate of drug-likeness (QED) is 0.599. The standard InChI is InChI=1S/C16H22N2O5/c1-21-10-23-13-5-3-11(4-6-13)7-15(19)18-9-12(17)8-14(18)16(20)22-2/h3-6,12,14H,7-10,17H2,1-2H3/t12-,14-/m0/s1. The lowest BCUT2D eigenvalue weighted by molar-refractivity contribution is -0.150. The van der Waals surface area contributed by atoms with Gasteiger partial charge < -0.3 is 24.8 Å². The number of amides is 1. The molecule has 0 bridgehead atoms. The monoisotopic (exact) mass is 322 g/mol. The van der Waals surface area contributed by atoms with Crippen LogP contribution in [0.1, 0.15) is 12.0 Å². The maximum absolute atomic E-state index is 12.5. The average Bonchev–Trinajstić information content (AvgIpc) is 2.95. The summed E-state index contributed by atoms with van der Waals surface area (Å²) in [6.07, 6.45) is 0.632. The lowest BCUT2D eigenvalue weighted by atomic mass is 10.1. The van der Waals surface area contributed by atoms with E-state index >= 15 is 0 Å². The first kappa shape index (κ1) is 17.2. The normalized spacial score (nSPS) is 20.4. The van der Waals surface area contributed by atoms with Crippen LogP contribution in [0.4, 0.5) is 0 Å². The fourth-order valence-corrected chi connectivity index (χ4v) is 2.61. The van der Waals surface area contributed by atoms with E-state index in [1.807, 2.05) is 12.1 Å². The van der Waals surface area contributed by atoms with Gasteiger partial charge >= 0.3 is 5.97 Å². The zero-order chi connectivity index (χ0) is 16.8. The van der Waals surface area contributed by atoms with Gasteiger partial charge in [0.05, 0.1) is 13.5 Å². The number of nitrogens with two attached hydrogens (primary N) is 1. The van der Waals surface area contributed by atoms with Crippen molar-refractivity contribution < 1.29 is 23.8 Å². The molecule has 0 aromatic heterocycles. The van der Waals surface area contributed by atoms with Crippen LogP contribution < -0.4 is 10.5 Å². The van der Waals surface area contributed by atoms with E-state index in [-0.39, 0.29) is 25.2 Å². The molecule has 1 fully saturated rings. The molecule has 1 aromatic rings. The van der Waals surface area contributed by atoms with Crippen LogP contribution in [-0.2, 0) is 25.5 Å². The molecule has 2 atom stereocenters. The molecule has 7 nitrogen and oxygen atoms in total. The molecule has 1 amide bonds. The highest BCUT2D eigenvalue weighted by Crippen LogP contribution is 2.20. The zero-order valence-electron chi connectivity index (χ0n) is 13.4. The van der Waals surface area contributed by atoms with Crippen molar-refractivity contribution in [3.8, 4) is 5.75 Å². The summed E-state index contributed by atoms with van der Waals surface area (Å²) in [7, 11) is 2.86. The smallest absolute Gasteiger partial charge is 0.328 e. The molecule has 2 N–H and O–H groups in total. The van der Waals surface area contributed by atoms with Crippen molar-refractivity contribution in [3.05, 3.63) is 29.8 Å². The van der Waals surface area contributed by atoms with Crippen molar-refractivity contribution in [2.75, 3.05) is 27.6 Å². The molecule has 1 aliphatic rings.